The largest absolute Gasteiger partial charge is 0.411 e. The Labute approximate surface area is 76.7 Å². The number of hydrogen-bond acceptors (Lipinski definition) is 2. The van der Waals surface area contributed by atoms with E-state index in [4.69, 9.17) is 5.21 Å². The molecule has 0 aromatic carbocycles. The van der Waals surface area contributed by atoms with Gasteiger partial charge in [-0.3, -0.25) is 0 Å². The summed E-state index contributed by atoms with van der Waals surface area (Å²) in [7, 11) is 0. The van der Waals surface area contributed by atoms with Crippen molar-refractivity contribution in [2.45, 2.75) is 48.0 Å². The van der Waals surface area contributed by atoms with Crippen molar-refractivity contribution in [2.24, 2.45) is 17.0 Å². The SMILES string of the molecule is CC.CCC(C)/C(=N/O)C(C)C. The molecule has 1 N–H and O–H groups in total. The molecule has 0 aliphatic carbocycles. The maximum atomic E-state index is 8.59. The molecule has 0 bridgehead atoms. The van der Waals surface area contributed by atoms with Crippen molar-refractivity contribution < 1.29 is 5.21 Å². The molecular weight excluding hydrogens is 150 g/mol. The van der Waals surface area contributed by atoms with Gasteiger partial charge in [-0.15, -0.1) is 0 Å². The first-order valence-electron chi connectivity index (χ1n) is 4.85. The van der Waals surface area contributed by atoms with Crippen molar-refractivity contribution in [3.8, 4) is 0 Å². The first kappa shape index (κ1) is 14.0. The topological polar surface area (TPSA) is 32.6 Å². The predicted molar refractivity (Wildman–Crippen MR) is 54.9 cm³/mol. The van der Waals surface area contributed by atoms with Gasteiger partial charge < -0.3 is 5.21 Å². The standard InChI is InChI=1S/C8H17NO.C2H6/c1-5-7(4)8(9-10)6(2)3;1-2/h6-7,10H,5H2,1-4H3;1-2H3/b9-8+;. The lowest BCUT2D eigenvalue weighted by Crippen LogP contribution is -2.16. The minimum atomic E-state index is 0.361. The smallest absolute Gasteiger partial charge is 0.0624 e. The number of hydrogen-bond donors (Lipinski definition) is 1. The second-order valence-corrected chi connectivity index (χ2v) is 2.99. The molecule has 0 aliphatic heterocycles. The highest BCUT2D eigenvalue weighted by Crippen LogP contribution is 2.11. The molecule has 2 nitrogen and oxygen atoms in total. The quantitative estimate of drug-likeness (QED) is 0.395. The van der Waals surface area contributed by atoms with Gasteiger partial charge in [-0.25, -0.2) is 0 Å². The summed E-state index contributed by atoms with van der Waals surface area (Å²) < 4.78 is 0. The summed E-state index contributed by atoms with van der Waals surface area (Å²) in [5, 5.41) is 11.9. The van der Waals surface area contributed by atoms with Crippen LogP contribution in [0.1, 0.15) is 48.0 Å². The highest BCUT2D eigenvalue weighted by Gasteiger charge is 2.12. The fourth-order valence-corrected chi connectivity index (χ4v) is 0.992. The van der Waals surface area contributed by atoms with E-state index in [-0.39, 0.29) is 0 Å². The average molecular weight is 173 g/mol. The van der Waals surface area contributed by atoms with Crippen LogP contribution < -0.4 is 0 Å². The molecule has 0 saturated heterocycles. The normalized spacial score (nSPS) is 13.8. The summed E-state index contributed by atoms with van der Waals surface area (Å²) in [5.41, 5.74) is 0.905. The lowest BCUT2D eigenvalue weighted by atomic mass is 9.94. The molecule has 74 valence electrons. The molecule has 0 saturated carbocycles. The van der Waals surface area contributed by atoms with E-state index in [9.17, 15) is 0 Å². The second kappa shape index (κ2) is 8.57. The Balaban J connectivity index is 0. The lowest BCUT2D eigenvalue weighted by Gasteiger charge is -2.13. The van der Waals surface area contributed by atoms with E-state index in [1.807, 2.05) is 27.7 Å². The van der Waals surface area contributed by atoms with Crippen molar-refractivity contribution >= 4 is 5.71 Å². The molecule has 2 heteroatoms. The number of oxime groups is 1. The maximum absolute atomic E-state index is 8.59. The van der Waals surface area contributed by atoms with Crippen LogP contribution in [0.25, 0.3) is 0 Å². The molecule has 0 aliphatic rings. The Morgan fingerprint density at radius 1 is 1.25 bits per heavy atom. The highest BCUT2D eigenvalue weighted by molar-refractivity contribution is 5.87. The molecule has 1 unspecified atom stereocenters. The molecule has 0 radical (unpaired) electrons. The first-order valence-corrected chi connectivity index (χ1v) is 4.85. The zero-order chi connectivity index (χ0) is 10.1. The van der Waals surface area contributed by atoms with Gasteiger partial charge in [-0.1, -0.05) is 46.7 Å². The van der Waals surface area contributed by atoms with E-state index < -0.39 is 0 Å². The van der Waals surface area contributed by atoms with Gasteiger partial charge in [0.05, 0.1) is 5.71 Å². The van der Waals surface area contributed by atoms with Gasteiger partial charge in [-0.05, 0) is 18.3 Å². The molecular formula is C10H23NO. The molecule has 0 amide bonds. The van der Waals surface area contributed by atoms with Crippen molar-refractivity contribution in [2.75, 3.05) is 0 Å². The molecule has 0 heterocycles. The van der Waals surface area contributed by atoms with E-state index in [0.717, 1.165) is 12.1 Å². The third-order valence-corrected chi connectivity index (χ3v) is 1.82. The fraction of sp³-hybridized carbons (Fsp3) is 0.900. The minimum absolute atomic E-state index is 0.361. The Bertz CT molecular complexity index is 119. The van der Waals surface area contributed by atoms with E-state index in [2.05, 4.69) is 19.0 Å². The summed E-state index contributed by atoms with van der Waals surface area (Å²) in [6.45, 7) is 12.3. The van der Waals surface area contributed by atoms with Crippen molar-refractivity contribution in [3.63, 3.8) is 0 Å². The summed E-state index contributed by atoms with van der Waals surface area (Å²) in [6.07, 6.45) is 1.04. The van der Waals surface area contributed by atoms with Crippen LogP contribution >= 0.6 is 0 Å². The highest BCUT2D eigenvalue weighted by atomic mass is 16.4. The van der Waals surface area contributed by atoms with Gasteiger partial charge in [-0.2, -0.15) is 0 Å². The fourth-order valence-electron chi connectivity index (χ4n) is 0.992. The van der Waals surface area contributed by atoms with Gasteiger partial charge in [0.25, 0.3) is 0 Å². The van der Waals surface area contributed by atoms with E-state index in [1.54, 1.807) is 0 Å². The third kappa shape index (κ3) is 5.16. The molecule has 0 spiro atoms. The number of rotatable bonds is 3. The van der Waals surface area contributed by atoms with Gasteiger partial charge >= 0.3 is 0 Å². The summed E-state index contributed by atoms with van der Waals surface area (Å²) in [5.74, 6) is 0.768. The Morgan fingerprint density at radius 2 is 1.67 bits per heavy atom. The van der Waals surface area contributed by atoms with Gasteiger partial charge in [0.1, 0.15) is 0 Å². The zero-order valence-electron chi connectivity index (χ0n) is 9.26. The summed E-state index contributed by atoms with van der Waals surface area (Å²) in [4.78, 5) is 0. The second-order valence-electron chi connectivity index (χ2n) is 2.99. The molecule has 1 atom stereocenters. The minimum Gasteiger partial charge on any atom is -0.411 e. The van der Waals surface area contributed by atoms with Crippen LogP contribution in [-0.2, 0) is 0 Å². The average Bonchev–Trinajstić information content (AvgIpc) is 2.08. The molecule has 0 aromatic rings. The van der Waals surface area contributed by atoms with E-state index in [0.29, 0.717) is 11.8 Å². The monoisotopic (exact) mass is 173 g/mol. The van der Waals surface area contributed by atoms with Gasteiger partial charge in [0, 0.05) is 0 Å². The Morgan fingerprint density at radius 3 is 1.75 bits per heavy atom. The van der Waals surface area contributed by atoms with Crippen LogP contribution in [0.15, 0.2) is 5.16 Å². The lowest BCUT2D eigenvalue weighted by molar-refractivity contribution is 0.311. The van der Waals surface area contributed by atoms with E-state index >= 15 is 0 Å². The summed E-state index contributed by atoms with van der Waals surface area (Å²) >= 11 is 0. The zero-order valence-corrected chi connectivity index (χ0v) is 9.26. The van der Waals surface area contributed by atoms with Crippen molar-refractivity contribution in [3.05, 3.63) is 0 Å². The Hall–Kier alpha value is -0.530. The van der Waals surface area contributed by atoms with Crippen LogP contribution in [0, 0.1) is 11.8 Å². The van der Waals surface area contributed by atoms with Crippen LogP contribution in [0.5, 0.6) is 0 Å². The summed E-state index contributed by atoms with van der Waals surface area (Å²) in [6, 6.07) is 0. The van der Waals surface area contributed by atoms with E-state index in [1.165, 1.54) is 0 Å². The maximum Gasteiger partial charge on any atom is 0.0624 e. The van der Waals surface area contributed by atoms with Crippen LogP contribution in [-0.4, -0.2) is 10.9 Å². The van der Waals surface area contributed by atoms with Crippen molar-refractivity contribution in [1.82, 2.24) is 0 Å². The molecule has 0 rings (SSSR count). The Kier molecular flexibility index (Phi) is 10.0. The third-order valence-electron chi connectivity index (χ3n) is 1.82. The molecule has 0 fully saturated rings. The van der Waals surface area contributed by atoms with Gasteiger partial charge in [0.2, 0.25) is 0 Å². The van der Waals surface area contributed by atoms with Crippen LogP contribution in [0.3, 0.4) is 0 Å². The van der Waals surface area contributed by atoms with Crippen LogP contribution in [0.2, 0.25) is 0 Å². The van der Waals surface area contributed by atoms with Gasteiger partial charge in [0.15, 0.2) is 0 Å². The first-order chi connectivity index (χ1) is 5.63. The number of nitrogens with zero attached hydrogens (tertiary/aromatic N) is 1. The van der Waals surface area contributed by atoms with Crippen LogP contribution in [0.4, 0.5) is 0 Å². The predicted octanol–water partition coefficient (Wildman–Crippen LogP) is 3.54. The van der Waals surface area contributed by atoms with Crippen molar-refractivity contribution in [1.29, 1.82) is 0 Å². The molecule has 12 heavy (non-hydrogen) atoms. The molecule has 0 aromatic heterocycles.